The maximum absolute atomic E-state index is 12.6. The lowest BCUT2D eigenvalue weighted by molar-refractivity contribution is 0.0663. The van der Waals surface area contributed by atoms with Crippen molar-refractivity contribution in [1.29, 1.82) is 0 Å². The van der Waals surface area contributed by atoms with Gasteiger partial charge in [0, 0.05) is 19.2 Å². The van der Waals surface area contributed by atoms with E-state index in [0.717, 1.165) is 32.5 Å². The van der Waals surface area contributed by atoms with E-state index in [2.05, 4.69) is 10.5 Å². The molecule has 0 aliphatic carbocycles. The van der Waals surface area contributed by atoms with Gasteiger partial charge in [0.15, 0.2) is 17.2 Å². The minimum Gasteiger partial charge on any atom is -0.482 e. The maximum Gasteiger partial charge on any atom is 0.276 e. The SMILES string of the molecule is CNCC1CCCN(C(=O)c2cc(COc3c(Cl)cccc3Cl)on2)C1. The van der Waals surface area contributed by atoms with Gasteiger partial charge in [0.2, 0.25) is 0 Å². The third kappa shape index (κ3) is 4.50. The van der Waals surface area contributed by atoms with Gasteiger partial charge in [-0.3, -0.25) is 4.79 Å². The van der Waals surface area contributed by atoms with E-state index < -0.39 is 0 Å². The van der Waals surface area contributed by atoms with Gasteiger partial charge in [-0.05, 0) is 44.5 Å². The largest absolute Gasteiger partial charge is 0.482 e. The van der Waals surface area contributed by atoms with Crippen LogP contribution in [0.1, 0.15) is 29.1 Å². The number of ether oxygens (including phenoxy) is 1. The first-order valence-corrected chi connectivity index (χ1v) is 9.30. The molecule has 0 radical (unpaired) electrons. The van der Waals surface area contributed by atoms with E-state index in [4.69, 9.17) is 32.5 Å². The van der Waals surface area contributed by atoms with E-state index in [1.165, 1.54) is 0 Å². The Bertz CT molecular complexity index is 744. The van der Waals surface area contributed by atoms with Gasteiger partial charge in [-0.25, -0.2) is 0 Å². The number of para-hydroxylation sites is 1. The standard InChI is InChI=1S/C18H21Cl2N3O3/c1-21-9-12-4-3-7-23(10-12)18(24)16-8-13(26-22-16)11-25-17-14(19)5-2-6-15(17)20/h2,5-6,8,12,21H,3-4,7,9-11H2,1H3. The van der Waals surface area contributed by atoms with Crippen LogP contribution < -0.4 is 10.1 Å². The molecule has 140 valence electrons. The van der Waals surface area contributed by atoms with Crippen LogP contribution >= 0.6 is 23.2 Å². The zero-order valence-corrected chi connectivity index (χ0v) is 16.0. The molecule has 1 aromatic heterocycles. The number of piperidine rings is 1. The molecule has 1 aliphatic heterocycles. The summed E-state index contributed by atoms with van der Waals surface area (Å²) in [6, 6.07) is 6.73. The van der Waals surface area contributed by atoms with Crippen molar-refractivity contribution in [3.63, 3.8) is 0 Å². The number of rotatable bonds is 6. The van der Waals surface area contributed by atoms with Crippen LogP contribution in [0.5, 0.6) is 5.75 Å². The molecule has 1 amide bonds. The Balaban J connectivity index is 1.61. The molecular weight excluding hydrogens is 377 g/mol. The molecule has 2 heterocycles. The normalized spacial score (nSPS) is 17.3. The summed E-state index contributed by atoms with van der Waals surface area (Å²) < 4.78 is 10.8. The number of nitrogens with zero attached hydrogens (tertiary/aromatic N) is 2. The molecule has 1 fully saturated rings. The maximum atomic E-state index is 12.6. The molecule has 26 heavy (non-hydrogen) atoms. The highest BCUT2D eigenvalue weighted by molar-refractivity contribution is 6.37. The Morgan fingerprint density at radius 3 is 2.92 bits per heavy atom. The van der Waals surface area contributed by atoms with Crippen LogP contribution in [-0.2, 0) is 6.61 Å². The van der Waals surface area contributed by atoms with Crippen molar-refractivity contribution in [2.75, 3.05) is 26.7 Å². The van der Waals surface area contributed by atoms with Crippen LogP contribution in [0, 0.1) is 5.92 Å². The Hall–Kier alpha value is -1.76. The van der Waals surface area contributed by atoms with Crippen LogP contribution in [0.4, 0.5) is 0 Å². The molecule has 3 rings (SSSR count). The smallest absolute Gasteiger partial charge is 0.276 e. The predicted octanol–water partition coefficient (Wildman–Crippen LogP) is 3.63. The van der Waals surface area contributed by atoms with Crippen LogP contribution in [0.3, 0.4) is 0 Å². The second-order valence-electron chi connectivity index (χ2n) is 6.34. The van der Waals surface area contributed by atoms with Gasteiger partial charge in [-0.1, -0.05) is 34.4 Å². The fraction of sp³-hybridized carbons (Fsp3) is 0.444. The Morgan fingerprint density at radius 1 is 1.42 bits per heavy atom. The van der Waals surface area contributed by atoms with Gasteiger partial charge < -0.3 is 19.5 Å². The van der Waals surface area contributed by atoms with Crippen LogP contribution in [0.2, 0.25) is 10.0 Å². The fourth-order valence-electron chi connectivity index (χ4n) is 3.11. The minimum atomic E-state index is -0.114. The highest BCUT2D eigenvalue weighted by Gasteiger charge is 2.26. The van der Waals surface area contributed by atoms with E-state index in [0.29, 0.717) is 33.2 Å². The molecular formula is C18H21Cl2N3O3. The van der Waals surface area contributed by atoms with Crippen molar-refractivity contribution in [3.05, 3.63) is 45.8 Å². The zero-order valence-electron chi connectivity index (χ0n) is 14.5. The molecule has 1 aromatic carbocycles. The third-order valence-corrected chi connectivity index (χ3v) is 4.95. The number of halogens is 2. The van der Waals surface area contributed by atoms with Crippen LogP contribution in [0.15, 0.2) is 28.8 Å². The number of nitrogens with one attached hydrogen (secondary N) is 1. The monoisotopic (exact) mass is 397 g/mol. The van der Waals surface area contributed by atoms with Gasteiger partial charge in [0.05, 0.1) is 10.0 Å². The summed E-state index contributed by atoms with van der Waals surface area (Å²) in [7, 11) is 1.93. The first kappa shape index (κ1) is 19.0. The average Bonchev–Trinajstić information content (AvgIpc) is 3.10. The lowest BCUT2D eigenvalue weighted by atomic mass is 9.98. The molecule has 0 bridgehead atoms. The Morgan fingerprint density at radius 2 is 2.19 bits per heavy atom. The number of carbonyl (C=O) groups excluding carboxylic acids is 1. The zero-order chi connectivity index (χ0) is 18.5. The number of hydrogen-bond acceptors (Lipinski definition) is 5. The lowest BCUT2D eigenvalue weighted by Crippen LogP contribution is -2.42. The second-order valence-corrected chi connectivity index (χ2v) is 7.15. The van der Waals surface area contributed by atoms with E-state index >= 15 is 0 Å². The minimum absolute atomic E-state index is 0.0894. The summed E-state index contributed by atoms with van der Waals surface area (Å²) in [5, 5.41) is 7.89. The summed E-state index contributed by atoms with van der Waals surface area (Å²) in [5.41, 5.74) is 0.291. The lowest BCUT2D eigenvalue weighted by Gasteiger charge is -2.32. The van der Waals surface area contributed by atoms with Crippen molar-refractivity contribution in [3.8, 4) is 5.75 Å². The highest BCUT2D eigenvalue weighted by Crippen LogP contribution is 2.33. The van der Waals surface area contributed by atoms with Gasteiger partial charge in [-0.15, -0.1) is 0 Å². The first-order chi connectivity index (χ1) is 12.6. The molecule has 1 atom stereocenters. The predicted molar refractivity (Wildman–Crippen MR) is 99.9 cm³/mol. The molecule has 8 heteroatoms. The highest BCUT2D eigenvalue weighted by atomic mass is 35.5. The van der Waals surface area contributed by atoms with E-state index in [1.807, 2.05) is 11.9 Å². The number of carbonyl (C=O) groups is 1. The molecule has 2 aromatic rings. The van der Waals surface area contributed by atoms with E-state index in [-0.39, 0.29) is 12.5 Å². The number of benzene rings is 1. The second kappa shape index (κ2) is 8.75. The Kier molecular flexibility index (Phi) is 6.40. The van der Waals surface area contributed by atoms with E-state index in [1.54, 1.807) is 24.3 Å². The van der Waals surface area contributed by atoms with Crippen molar-refractivity contribution < 1.29 is 14.1 Å². The van der Waals surface area contributed by atoms with E-state index in [9.17, 15) is 4.79 Å². The number of amides is 1. The molecule has 1 N–H and O–H groups in total. The summed E-state index contributed by atoms with van der Waals surface area (Å²) in [6.45, 7) is 2.47. The van der Waals surface area contributed by atoms with Crippen LogP contribution in [-0.4, -0.2) is 42.6 Å². The molecule has 0 spiro atoms. The molecule has 0 saturated carbocycles. The number of hydrogen-bond donors (Lipinski definition) is 1. The Labute approximate surface area is 162 Å². The van der Waals surface area contributed by atoms with Crippen molar-refractivity contribution >= 4 is 29.1 Å². The molecule has 1 saturated heterocycles. The summed E-state index contributed by atoms with van der Waals surface area (Å²) in [4.78, 5) is 14.5. The van der Waals surface area contributed by atoms with Gasteiger partial charge in [0.1, 0.15) is 6.61 Å². The van der Waals surface area contributed by atoms with Crippen LogP contribution in [0.25, 0.3) is 0 Å². The average molecular weight is 398 g/mol. The summed E-state index contributed by atoms with van der Waals surface area (Å²) >= 11 is 12.1. The van der Waals surface area contributed by atoms with Gasteiger partial charge >= 0.3 is 0 Å². The van der Waals surface area contributed by atoms with Gasteiger partial charge in [-0.2, -0.15) is 0 Å². The van der Waals surface area contributed by atoms with Gasteiger partial charge in [0.25, 0.3) is 5.91 Å². The molecule has 6 nitrogen and oxygen atoms in total. The number of likely N-dealkylation sites (tertiary alicyclic amines) is 1. The molecule has 1 aliphatic rings. The van der Waals surface area contributed by atoms with Crippen molar-refractivity contribution in [1.82, 2.24) is 15.4 Å². The van der Waals surface area contributed by atoms with Crippen molar-refractivity contribution in [2.45, 2.75) is 19.4 Å². The summed E-state index contributed by atoms with van der Waals surface area (Å²) in [5.74, 6) is 1.17. The van der Waals surface area contributed by atoms with Crippen molar-refractivity contribution in [2.24, 2.45) is 5.92 Å². The molecule has 1 unspecified atom stereocenters. The fourth-order valence-corrected chi connectivity index (χ4v) is 3.62. The number of aromatic nitrogens is 1. The quantitative estimate of drug-likeness (QED) is 0.805. The third-order valence-electron chi connectivity index (χ3n) is 4.35. The summed E-state index contributed by atoms with van der Waals surface area (Å²) in [6.07, 6.45) is 2.12. The topological polar surface area (TPSA) is 67.6 Å². The first-order valence-electron chi connectivity index (χ1n) is 8.54.